The molecular formula is C32H37ClN2O3. The number of methoxy groups -OCH3 is 1. The molecule has 3 aromatic rings. The van der Waals surface area contributed by atoms with Gasteiger partial charge in [-0.25, -0.2) is 0 Å². The molecule has 0 atom stereocenters. The van der Waals surface area contributed by atoms with E-state index in [1.54, 1.807) is 13.2 Å². The van der Waals surface area contributed by atoms with Crippen LogP contribution in [0.25, 0.3) is 6.08 Å². The summed E-state index contributed by atoms with van der Waals surface area (Å²) in [5.41, 5.74) is 3.29. The molecule has 4 rings (SSSR count). The third kappa shape index (κ3) is 7.40. The first-order chi connectivity index (χ1) is 18.4. The van der Waals surface area contributed by atoms with Crippen LogP contribution in [0.3, 0.4) is 0 Å². The van der Waals surface area contributed by atoms with E-state index in [2.05, 4.69) is 36.4 Å². The number of ether oxygens (including phenoxy) is 2. The van der Waals surface area contributed by atoms with Crippen LogP contribution < -0.4 is 14.8 Å². The first kappa shape index (κ1) is 27.7. The summed E-state index contributed by atoms with van der Waals surface area (Å²) < 4.78 is 11.5. The Kier molecular flexibility index (Phi) is 9.48. The van der Waals surface area contributed by atoms with Gasteiger partial charge in [0, 0.05) is 22.7 Å². The van der Waals surface area contributed by atoms with E-state index in [0.717, 1.165) is 48.3 Å². The van der Waals surface area contributed by atoms with Gasteiger partial charge in [0.1, 0.15) is 6.61 Å². The first-order valence-corrected chi connectivity index (χ1v) is 13.5. The van der Waals surface area contributed by atoms with E-state index in [4.69, 9.17) is 21.1 Å². The van der Waals surface area contributed by atoms with Gasteiger partial charge in [0.25, 0.3) is 0 Å². The minimum atomic E-state index is -0.0782. The van der Waals surface area contributed by atoms with Gasteiger partial charge >= 0.3 is 0 Å². The maximum atomic E-state index is 12.7. The van der Waals surface area contributed by atoms with Crippen LogP contribution in [0, 0.1) is 0 Å². The normalized spacial score (nSPS) is 19.4. The Morgan fingerprint density at radius 1 is 1.00 bits per heavy atom. The Morgan fingerprint density at radius 3 is 2.42 bits per heavy atom. The Labute approximate surface area is 231 Å². The Morgan fingerprint density at radius 2 is 1.74 bits per heavy atom. The fourth-order valence-corrected chi connectivity index (χ4v) is 5.38. The predicted molar refractivity (Wildman–Crippen MR) is 155 cm³/mol. The molecule has 200 valence electrons. The quantitative estimate of drug-likeness (QED) is 0.301. The van der Waals surface area contributed by atoms with Crippen molar-refractivity contribution in [3.05, 3.63) is 101 Å². The number of hydrogen-bond donors (Lipinski definition) is 1. The molecule has 1 saturated carbocycles. The molecule has 1 aliphatic carbocycles. The lowest BCUT2D eigenvalue weighted by Crippen LogP contribution is -2.52. The molecule has 0 aromatic heterocycles. The molecule has 0 aliphatic heterocycles. The molecule has 1 fully saturated rings. The average molecular weight is 533 g/mol. The molecule has 3 aromatic carbocycles. The van der Waals surface area contributed by atoms with E-state index < -0.39 is 0 Å². The number of nitrogens with zero attached hydrogens (tertiary/aromatic N) is 1. The van der Waals surface area contributed by atoms with Crippen molar-refractivity contribution in [3.63, 3.8) is 0 Å². The number of nitrogens with one attached hydrogen (secondary N) is 1. The second kappa shape index (κ2) is 13.0. The molecule has 1 N–H and O–H groups in total. The van der Waals surface area contributed by atoms with E-state index in [0.29, 0.717) is 18.1 Å². The standard InChI is InChI=1S/C32H37ClN2O3/c1-35(2)32(22-26-10-7-11-27(33)20-26)18-16-28(17-19-32)34-31(36)15-13-24-12-14-29(30(21-24)37-3)38-23-25-8-5-4-6-9-25/h4-15,20-21,28H,16-19,22-23H2,1-3H3,(H,34,36). The molecule has 0 unspecified atom stereocenters. The smallest absolute Gasteiger partial charge is 0.244 e. The summed E-state index contributed by atoms with van der Waals surface area (Å²) in [6.45, 7) is 0.463. The average Bonchev–Trinajstić information content (AvgIpc) is 2.92. The largest absolute Gasteiger partial charge is 0.493 e. The van der Waals surface area contributed by atoms with E-state index in [1.807, 2.05) is 66.7 Å². The van der Waals surface area contributed by atoms with E-state index in [1.165, 1.54) is 5.56 Å². The Bertz CT molecular complexity index is 1230. The van der Waals surface area contributed by atoms with Crippen LogP contribution in [0.5, 0.6) is 11.5 Å². The highest BCUT2D eigenvalue weighted by molar-refractivity contribution is 6.30. The number of amides is 1. The number of hydrogen-bond acceptors (Lipinski definition) is 4. The third-order valence-corrected chi connectivity index (χ3v) is 7.72. The number of carbonyl (C=O) groups is 1. The molecule has 1 aliphatic rings. The van der Waals surface area contributed by atoms with Gasteiger partial charge in [-0.2, -0.15) is 0 Å². The van der Waals surface area contributed by atoms with Gasteiger partial charge in [0.05, 0.1) is 7.11 Å². The summed E-state index contributed by atoms with van der Waals surface area (Å²) >= 11 is 6.22. The van der Waals surface area contributed by atoms with Crippen LogP contribution in [-0.2, 0) is 17.8 Å². The monoisotopic (exact) mass is 532 g/mol. The second-order valence-electron chi connectivity index (χ2n) is 10.2. The molecule has 6 heteroatoms. The number of benzene rings is 3. The van der Waals surface area contributed by atoms with Gasteiger partial charge in [-0.1, -0.05) is 60.1 Å². The van der Waals surface area contributed by atoms with Gasteiger partial charge in [-0.3, -0.25) is 4.79 Å². The zero-order valence-corrected chi connectivity index (χ0v) is 23.2. The van der Waals surface area contributed by atoms with E-state index in [-0.39, 0.29) is 17.5 Å². The Hall–Kier alpha value is -3.28. The zero-order chi connectivity index (χ0) is 27.0. The van der Waals surface area contributed by atoms with Crippen molar-refractivity contribution >= 4 is 23.6 Å². The number of rotatable bonds is 10. The van der Waals surface area contributed by atoms with Gasteiger partial charge < -0.3 is 19.7 Å². The van der Waals surface area contributed by atoms with Gasteiger partial charge in [0.2, 0.25) is 5.91 Å². The first-order valence-electron chi connectivity index (χ1n) is 13.1. The summed E-state index contributed by atoms with van der Waals surface area (Å²) in [5, 5.41) is 3.97. The molecule has 0 heterocycles. The minimum absolute atomic E-state index is 0.0721. The van der Waals surface area contributed by atoms with Gasteiger partial charge in [0.15, 0.2) is 11.5 Å². The minimum Gasteiger partial charge on any atom is -0.493 e. The number of carbonyl (C=O) groups excluding carboxylic acids is 1. The molecule has 38 heavy (non-hydrogen) atoms. The summed E-state index contributed by atoms with van der Waals surface area (Å²) in [5.74, 6) is 1.23. The topological polar surface area (TPSA) is 50.8 Å². The molecule has 0 saturated heterocycles. The molecule has 0 radical (unpaired) electrons. The van der Waals surface area contributed by atoms with E-state index >= 15 is 0 Å². The van der Waals surface area contributed by atoms with Crippen molar-refractivity contribution in [2.45, 2.75) is 50.3 Å². The van der Waals surface area contributed by atoms with E-state index in [9.17, 15) is 4.79 Å². The number of halogens is 1. The van der Waals surface area contributed by atoms with Gasteiger partial charge in [-0.05, 0) is 93.2 Å². The van der Waals surface area contributed by atoms with Crippen molar-refractivity contribution in [3.8, 4) is 11.5 Å². The van der Waals surface area contributed by atoms with Crippen molar-refractivity contribution in [2.75, 3.05) is 21.2 Å². The maximum absolute atomic E-state index is 12.7. The highest BCUT2D eigenvalue weighted by Gasteiger charge is 2.37. The van der Waals surface area contributed by atoms with Crippen molar-refractivity contribution < 1.29 is 14.3 Å². The summed E-state index contributed by atoms with van der Waals surface area (Å²) in [7, 11) is 5.92. The molecule has 0 spiro atoms. The molecule has 1 amide bonds. The predicted octanol–water partition coefficient (Wildman–Crippen LogP) is 6.54. The van der Waals surface area contributed by atoms with Crippen LogP contribution in [0.15, 0.2) is 78.9 Å². The summed E-state index contributed by atoms with van der Waals surface area (Å²) in [6.07, 6.45) is 8.28. The number of likely N-dealkylation sites (N-methyl/N-ethyl adjacent to an activating group) is 1. The van der Waals surface area contributed by atoms with Crippen molar-refractivity contribution in [2.24, 2.45) is 0 Å². The summed E-state index contributed by atoms with van der Waals surface area (Å²) in [6, 6.07) is 24.0. The fraction of sp³-hybridized carbons (Fsp3) is 0.344. The second-order valence-corrected chi connectivity index (χ2v) is 10.7. The molecular weight excluding hydrogens is 496 g/mol. The zero-order valence-electron chi connectivity index (χ0n) is 22.5. The fourth-order valence-electron chi connectivity index (χ4n) is 5.17. The lowest BCUT2D eigenvalue weighted by atomic mass is 9.75. The van der Waals surface area contributed by atoms with Crippen molar-refractivity contribution in [1.29, 1.82) is 0 Å². The SMILES string of the molecule is COc1cc(C=CC(=O)NC2CCC(Cc3cccc(Cl)c3)(N(C)C)CC2)ccc1OCc1ccccc1. The van der Waals surface area contributed by atoms with Crippen molar-refractivity contribution in [1.82, 2.24) is 10.2 Å². The van der Waals surface area contributed by atoms with Crippen LogP contribution in [-0.4, -0.2) is 43.6 Å². The summed E-state index contributed by atoms with van der Waals surface area (Å²) in [4.78, 5) is 15.0. The lowest BCUT2D eigenvalue weighted by Gasteiger charge is -2.45. The maximum Gasteiger partial charge on any atom is 0.244 e. The van der Waals surface area contributed by atoms with Crippen LogP contribution in [0.4, 0.5) is 0 Å². The van der Waals surface area contributed by atoms with Crippen LogP contribution >= 0.6 is 11.6 Å². The lowest BCUT2D eigenvalue weighted by molar-refractivity contribution is -0.117. The molecule has 0 bridgehead atoms. The molecule has 5 nitrogen and oxygen atoms in total. The Balaban J connectivity index is 1.30. The van der Waals surface area contributed by atoms with Gasteiger partial charge in [-0.15, -0.1) is 0 Å². The highest BCUT2D eigenvalue weighted by atomic mass is 35.5. The van der Waals surface area contributed by atoms with Crippen LogP contribution in [0.2, 0.25) is 5.02 Å². The third-order valence-electron chi connectivity index (χ3n) is 7.49. The highest BCUT2D eigenvalue weighted by Crippen LogP contribution is 2.36. The van der Waals surface area contributed by atoms with Crippen LogP contribution in [0.1, 0.15) is 42.4 Å².